The molecule has 2 unspecified atom stereocenters. The molecule has 2 aliphatic rings. The summed E-state index contributed by atoms with van der Waals surface area (Å²) in [6, 6.07) is 3.69. The Morgan fingerprint density at radius 1 is 1.27 bits per heavy atom. The molecule has 1 aliphatic heterocycles. The van der Waals surface area contributed by atoms with Crippen LogP contribution < -0.4 is 5.32 Å². The van der Waals surface area contributed by atoms with Crippen LogP contribution in [0.3, 0.4) is 0 Å². The highest BCUT2D eigenvalue weighted by Crippen LogP contribution is 2.59. The summed E-state index contributed by atoms with van der Waals surface area (Å²) < 4.78 is 0. The number of carbonyl (C=O) groups is 3. The molecule has 1 saturated carbocycles. The van der Waals surface area contributed by atoms with E-state index in [1.54, 1.807) is 6.07 Å². The molecule has 6 heteroatoms. The Kier molecular flexibility index (Phi) is 4.42. The summed E-state index contributed by atoms with van der Waals surface area (Å²) in [6.45, 7) is 9.38. The molecule has 2 bridgehead atoms. The Hall–Kier alpha value is -1.88. The Bertz CT molecular complexity index is 794. The Balaban J connectivity index is 1.81. The smallest absolute Gasteiger partial charge is 0.244 e. The van der Waals surface area contributed by atoms with Crippen LogP contribution in [0.2, 0.25) is 5.02 Å². The fourth-order valence-electron chi connectivity index (χ4n) is 4.45. The molecule has 5 nitrogen and oxygen atoms in total. The number of hydrogen-bond acceptors (Lipinski definition) is 3. The van der Waals surface area contributed by atoms with Crippen molar-refractivity contribution in [1.29, 1.82) is 0 Å². The van der Waals surface area contributed by atoms with Crippen molar-refractivity contribution < 1.29 is 14.4 Å². The first kappa shape index (κ1) is 18.9. The summed E-state index contributed by atoms with van der Waals surface area (Å²) in [7, 11) is 0. The van der Waals surface area contributed by atoms with E-state index >= 15 is 0 Å². The lowest BCUT2D eigenvalue weighted by molar-refractivity contribution is -0.168. The van der Waals surface area contributed by atoms with Crippen molar-refractivity contribution in [3.05, 3.63) is 28.3 Å². The number of hydrogen-bond donors (Lipinski definition) is 1. The summed E-state index contributed by atoms with van der Waals surface area (Å²) in [5, 5.41) is 3.21. The van der Waals surface area contributed by atoms with Gasteiger partial charge in [-0.3, -0.25) is 19.3 Å². The zero-order valence-electron chi connectivity index (χ0n) is 15.9. The zero-order chi connectivity index (χ0) is 19.4. The first-order valence-electron chi connectivity index (χ1n) is 8.91. The largest absolute Gasteiger partial charge is 0.323 e. The number of aryl methyl sites for hydroxylation is 2. The predicted molar refractivity (Wildman–Crippen MR) is 101 cm³/mol. The van der Waals surface area contributed by atoms with Gasteiger partial charge < -0.3 is 5.32 Å². The average Bonchev–Trinajstić information content (AvgIpc) is 2.72. The van der Waals surface area contributed by atoms with E-state index in [9.17, 15) is 14.4 Å². The number of fused-ring (bicyclic) bond motifs is 2. The molecule has 1 aromatic rings. The van der Waals surface area contributed by atoms with Crippen molar-refractivity contribution in [3.63, 3.8) is 0 Å². The molecular weight excluding hydrogens is 352 g/mol. The first-order valence-corrected chi connectivity index (χ1v) is 9.29. The molecule has 2 fully saturated rings. The Morgan fingerprint density at radius 3 is 2.54 bits per heavy atom. The minimum absolute atomic E-state index is 0.220. The molecule has 0 spiro atoms. The van der Waals surface area contributed by atoms with Crippen LogP contribution >= 0.6 is 11.6 Å². The molecule has 1 aliphatic carbocycles. The standard InChI is InChI=1S/C20H25ClN2O3/c1-11-8-12(2)16(14(21)9-11)22-15(24)10-23-17(25)13-6-7-20(5,18(23)26)19(13,3)4/h8-9,13H,6-7,10H2,1-5H3,(H,22,24). The van der Waals surface area contributed by atoms with Crippen LogP contribution in [0.25, 0.3) is 0 Å². The molecule has 2 atom stereocenters. The first-order chi connectivity index (χ1) is 12.0. The molecule has 3 rings (SSSR count). The van der Waals surface area contributed by atoms with E-state index in [1.807, 2.05) is 40.7 Å². The van der Waals surface area contributed by atoms with Crippen LogP contribution in [0.1, 0.15) is 44.7 Å². The number of rotatable bonds is 3. The number of nitrogens with zero attached hydrogens (tertiary/aromatic N) is 1. The third kappa shape index (κ3) is 2.64. The SMILES string of the molecule is Cc1cc(C)c(NC(=O)CN2C(=O)C3CCC(C)(C2=O)C3(C)C)c(Cl)c1. The number of carbonyl (C=O) groups excluding carboxylic acids is 3. The van der Waals surface area contributed by atoms with Crippen LogP contribution in [0.15, 0.2) is 12.1 Å². The van der Waals surface area contributed by atoms with E-state index in [4.69, 9.17) is 11.6 Å². The molecule has 140 valence electrons. The normalized spacial score (nSPS) is 27.0. The fraction of sp³-hybridized carbons (Fsp3) is 0.550. The second-order valence-electron chi connectivity index (χ2n) is 8.36. The fourth-order valence-corrected chi connectivity index (χ4v) is 4.82. The van der Waals surface area contributed by atoms with Gasteiger partial charge >= 0.3 is 0 Å². The maximum Gasteiger partial charge on any atom is 0.244 e. The maximum absolute atomic E-state index is 13.0. The number of piperidine rings is 1. The lowest BCUT2D eigenvalue weighted by Gasteiger charge is -2.47. The summed E-state index contributed by atoms with van der Waals surface area (Å²) in [5.74, 6) is -1.12. The van der Waals surface area contributed by atoms with Crippen LogP contribution in [0.5, 0.6) is 0 Å². The quantitative estimate of drug-likeness (QED) is 0.818. The zero-order valence-corrected chi connectivity index (χ0v) is 16.7. The number of nitrogens with one attached hydrogen (secondary N) is 1. The lowest BCUT2D eigenvalue weighted by Crippen LogP contribution is -2.60. The molecule has 1 N–H and O–H groups in total. The van der Waals surface area contributed by atoms with Gasteiger partial charge in [-0.15, -0.1) is 0 Å². The molecule has 26 heavy (non-hydrogen) atoms. The van der Waals surface area contributed by atoms with Crippen molar-refractivity contribution in [2.24, 2.45) is 16.7 Å². The van der Waals surface area contributed by atoms with Crippen LogP contribution in [-0.4, -0.2) is 29.2 Å². The van der Waals surface area contributed by atoms with Crippen molar-refractivity contribution in [1.82, 2.24) is 4.90 Å². The molecule has 1 saturated heterocycles. The second kappa shape index (κ2) is 6.08. The van der Waals surface area contributed by atoms with Gasteiger partial charge in [0.05, 0.1) is 16.1 Å². The number of benzene rings is 1. The topological polar surface area (TPSA) is 66.5 Å². The molecule has 1 heterocycles. The van der Waals surface area contributed by atoms with Gasteiger partial charge in [0, 0.05) is 5.92 Å². The summed E-state index contributed by atoms with van der Waals surface area (Å²) >= 11 is 6.23. The van der Waals surface area contributed by atoms with E-state index in [0.717, 1.165) is 16.0 Å². The van der Waals surface area contributed by atoms with Gasteiger partial charge in [-0.2, -0.15) is 0 Å². The van der Waals surface area contributed by atoms with Crippen LogP contribution in [0, 0.1) is 30.6 Å². The minimum atomic E-state index is -0.608. The van der Waals surface area contributed by atoms with Gasteiger partial charge in [0.15, 0.2) is 0 Å². The molecule has 0 radical (unpaired) electrons. The highest BCUT2D eigenvalue weighted by Gasteiger charge is 2.64. The van der Waals surface area contributed by atoms with E-state index < -0.39 is 11.3 Å². The van der Waals surface area contributed by atoms with Gasteiger partial charge in [0.25, 0.3) is 0 Å². The lowest BCUT2D eigenvalue weighted by atomic mass is 9.62. The predicted octanol–water partition coefficient (Wildman–Crippen LogP) is 3.71. The second-order valence-corrected chi connectivity index (χ2v) is 8.77. The summed E-state index contributed by atoms with van der Waals surface area (Å²) in [6.07, 6.45) is 1.37. The third-order valence-electron chi connectivity index (χ3n) is 6.51. The van der Waals surface area contributed by atoms with E-state index in [1.165, 1.54) is 0 Å². The third-order valence-corrected chi connectivity index (χ3v) is 6.80. The monoisotopic (exact) mass is 376 g/mol. The van der Waals surface area contributed by atoms with Crippen molar-refractivity contribution in [2.45, 2.75) is 47.5 Å². The van der Waals surface area contributed by atoms with Crippen molar-refractivity contribution in [2.75, 3.05) is 11.9 Å². The summed E-state index contributed by atoms with van der Waals surface area (Å²) in [5.41, 5.74) is 1.37. The van der Waals surface area contributed by atoms with Gasteiger partial charge in [-0.1, -0.05) is 38.4 Å². The van der Waals surface area contributed by atoms with Crippen LogP contribution in [-0.2, 0) is 14.4 Å². The Labute approximate surface area is 159 Å². The van der Waals surface area contributed by atoms with E-state index in [2.05, 4.69) is 5.32 Å². The van der Waals surface area contributed by atoms with Crippen molar-refractivity contribution in [3.8, 4) is 0 Å². The number of amides is 3. The number of halogens is 1. The van der Waals surface area contributed by atoms with E-state index in [-0.39, 0.29) is 29.7 Å². The van der Waals surface area contributed by atoms with Crippen molar-refractivity contribution >= 4 is 35.0 Å². The van der Waals surface area contributed by atoms with Gasteiger partial charge in [-0.25, -0.2) is 0 Å². The molecule has 3 amide bonds. The van der Waals surface area contributed by atoms with Gasteiger partial charge in [0.2, 0.25) is 17.7 Å². The molecule has 0 aromatic heterocycles. The highest BCUT2D eigenvalue weighted by molar-refractivity contribution is 6.34. The van der Waals surface area contributed by atoms with Crippen LogP contribution in [0.4, 0.5) is 5.69 Å². The highest BCUT2D eigenvalue weighted by atomic mass is 35.5. The Morgan fingerprint density at radius 2 is 1.92 bits per heavy atom. The number of imide groups is 1. The van der Waals surface area contributed by atoms with E-state index in [0.29, 0.717) is 23.6 Å². The van der Waals surface area contributed by atoms with Gasteiger partial charge in [-0.05, 0) is 49.3 Å². The number of anilines is 1. The minimum Gasteiger partial charge on any atom is -0.323 e. The van der Waals surface area contributed by atoms with Gasteiger partial charge in [0.1, 0.15) is 6.54 Å². The average molecular weight is 377 g/mol. The maximum atomic E-state index is 13.0. The molecule has 1 aromatic carbocycles. The molecular formula is C20H25ClN2O3. The summed E-state index contributed by atoms with van der Waals surface area (Å²) in [4.78, 5) is 39.5. The number of likely N-dealkylation sites (tertiary alicyclic amines) is 1.